The van der Waals surface area contributed by atoms with Crippen molar-refractivity contribution in [1.82, 2.24) is 10.6 Å². The largest absolute Gasteiger partial charge is 0.388 e. The third kappa shape index (κ3) is 5.72. The van der Waals surface area contributed by atoms with Gasteiger partial charge in [-0.1, -0.05) is 43.3 Å². The Morgan fingerprint density at radius 1 is 0.920 bits per heavy atom. The lowest BCUT2D eigenvalue weighted by atomic mass is 10.1. The first-order valence-corrected chi connectivity index (χ1v) is 8.51. The summed E-state index contributed by atoms with van der Waals surface area (Å²) < 4.78 is 0. The average Bonchev–Trinajstić information content (AvgIpc) is 2.66. The normalized spacial score (nSPS) is 11.6. The molecule has 132 valence electrons. The maximum absolute atomic E-state index is 12.2. The van der Waals surface area contributed by atoms with Crippen LogP contribution in [0.2, 0.25) is 0 Å². The van der Waals surface area contributed by atoms with Gasteiger partial charge in [-0.3, -0.25) is 9.59 Å². The van der Waals surface area contributed by atoms with Gasteiger partial charge in [0.15, 0.2) is 0 Å². The number of nitrogens with one attached hydrogen (secondary N) is 2. The first-order valence-electron chi connectivity index (χ1n) is 8.51. The summed E-state index contributed by atoms with van der Waals surface area (Å²) in [6, 6.07) is 15.9. The van der Waals surface area contributed by atoms with Crippen molar-refractivity contribution in [1.29, 1.82) is 0 Å². The highest BCUT2D eigenvalue weighted by molar-refractivity contribution is 5.99. The van der Waals surface area contributed by atoms with Gasteiger partial charge in [-0.2, -0.15) is 0 Å². The van der Waals surface area contributed by atoms with Gasteiger partial charge in [0, 0.05) is 24.2 Å². The number of aliphatic hydroxyl groups is 1. The van der Waals surface area contributed by atoms with E-state index in [1.165, 1.54) is 0 Å². The van der Waals surface area contributed by atoms with Crippen molar-refractivity contribution in [3.8, 4) is 0 Å². The Bertz CT molecular complexity index is 701. The molecule has 0 aliphatic heterocycles. The molecule has 2 amide bonds. The highest BCUT2D eigenvalue weighted by atomic mass is 16.3. The van der Waals surface area contributed by atoms with Gasteiger partial charge in [-0.05, 0) is 36.6 Å². The molecule has 0 radical (unpaired) electrons. The van der Waals surface area contributed by atoms with Crippen LogP contribution in [0.4, 0.5) is 0 Å². The number of carbonyl (C=O) groups is 2. The molecule has 0 aromatic heterocycles. The molecule has 1 unspecified atom stereocenters. The van der Waals surface area contributed by atoms with Gasteiger partial charge < -0.3 is 15.7 Å². The van der Waals surface area contributed by atoms with Crippen molar-refractivity contribution < 1.29 is 14.7 Å². The lowest BCUT2D eigenvalue weighted by Crippen LogP contribution is -2.27. The molecule has 2 rings (SSSR count). The van der Waals surface area contributed by atoms with E-state index in [1.54, 1.807) is 24.3 Å². The zero-order valence-electron chi connectivity index (χ0n) is 14.4. The van der Waals surface area contributed by atoms with Crippen LogP contribution in [0, 0.1) is 0 Å². The molecular formula is C20H24N2O3. The number of hydrogen-bond donors (Lipinski definition) is 3. The van der Waals surface area contributed by atoms with E-state index in [2.05, 4.69) is 10.6 Å². The van der Waals surface area contributed by atoms with Crippen molar-refractivity contribution in [2.45, 2.75) is 25.9 Å². The van der Waals surface area contributed by atoms with Gasteiger partial charge in [0.1, 0.15) is 0 Å². The van der Waals surface area contributed by atoms with Crippen LogP contribution in [0.25, 0.3) is 0 Å². The Hall–Kier alpha value is -2.66. The molecule has 0 saturated carbocycles. The number of hydrogen-bond acceptors (Lipinski definition) is 3. The van der Waals surface area contributed by atoms with Crippen LogP contribution in [0.5, 0.6) is 0 Å². The Morgan fingerprint density at radius 3 is 2.12 bits per heavy atom. The van der Waals surface area contributed by atoms with Crippen LogP contribution < -0.4 is 10.6 Å². The number of carbonyl (C=O) groups excluding carboxylic acids is 2. The van der Waals surface area contributed by atoms with Crippen LogP contribution in [0.3, 0.4) is 0 Å². The predicted octanol–water partition coefficient (Wildman–Crippen LogP) is 2.68. The minimum atomic E-state index is -0.618. The van der Waals surface area contributed by atoms with Gasteiger partial charge in [0.2, 0.25) is 0 Å². The Kier molecular flexibility index (Phi) is 7.16. The number of amides is 2. The third-order valence-electron chi connectivity index (χ3n) is 3.81. The zero-order valence-corrected chi connectivity index (χ0v) is 14.4. The standard InChI is InChI=1S/C20H24N2O3/c1-2-12-21-19(24)16-9-6-10-17(14-16)20(25)22-13-11-18(23)15-7-4-3-5-8-15/h3-10,14,18,23H,2,11-13H2,1H3,(H,21,24)(H,22,25). The fourth-order valence-corrected chi connectivity index (χ4v) is 2.41. The summed E-state index contributed by atoms with van der Waals surface area (Å²) in [5.74, 6) is -0.443. The second-order valence-electron chi connectivity index (χ2n) is 5.81. The highest BCUT2D eigenvalue weighted by Crippen LogP contribution is 2.15. The zero-order chi connectivity index (χ0) is 18.1. The van der Waals surface area contributed by atoms with Gasteiger partial charge in [-0.25, -0.2) is 0 Å². The summed E-state index contributed by atoms with van der Waals surface area (Å²) in [6.45, 7) is 2.93. The molecular weight excluding hydrogens is 316 g/mol. The SMILES string of the molecule is CCCNC(=O)c1cccc(C(=O)NCCC(O)c2ccccc2)c1. The summed E-state index contributed by atoms with van der Waals surface area (Å²) in [6.07, 6.45) is 0.662. The lowest BCUT2D eigenvalue weighted by Gasteiger charge is -2.12. The van der Waals surface area contributed by atoms with Gasteiger partial charge in [0.05, 0.1) is 6.10 Å². The van der Waals surface area contributed by atoms with E-state index in [0.717, 1.165) is 12.0 Å². The molecule has 3 N–H and O–H groups in total. The highest BCUT2D eigenvalue weighted by Gasteiger charge is 2.11. The molecule has 0 aliphatic carbocycles. The molecule has 5 nitrogen and oxygen atoms in total. The second-order valence-corrected chi connectivity index (χ2v) is 5.81. The van der Waals surface area contributed by atoms with Crippen molar-refractivity contribution in [2.75, 3.05) is 13.1 Å². The van der Waals surface area contributed by atoms with Crippen molar-refractivity contribution in [2.24, 2.45) is 0 Å². The van der Waals surface area contributed by atoms with E-state index in [0.29, 0.717) is 30.6 Å². The first-order chi connectivity index (χ1) is 12.1. The fraction of sp³-hybridized carbons (Fsp3) is 0.300. The molecule has 0 heterocycles. The lowest BCUT2D eigenvalue weighted by molar-refractivity contribution is 0.0942. The summed E-state index contributed by atoms with van der Waals surface area (Å²) >= 11 is 0. The molecule has 0 bridgehead atoms. The monoisotopic (exact) mass is 340 g/mol. The van der Waals surface area contributed by atoms with Crippen LogP contribution >= 0.6 is 0 Å². The Balaban J connectivity index is 1.87. The van der Waals surface area contributed by atoms with Crippen molar-refractivity contribution in [3.05, 3.63) is 71.3 Å². The van der Waals surface area contributed by atoms with E-state index in [4.69, 9.17) is 0 Å². The molecule has 0 aliphatic rings. The maximum atomic E-state index is 12.2. The van der Waals surface area contributed by atoms with E-state index < -0.39 is 6.10 Å². The summed E-state index contributed by atoms with van der Waals surface area (Å²) in [7, 11) is 0. The van der Waals surface area contributed by atoms with E-state index in [-0.39, 0.29) is 11.8 Å². The van der Waals surface area contributed by atoms with Crippen LogP contribution in [0.15, 0.2) is 54.6 Å². The maximum Gasteiger partial charge on any atom is 0.251 e. The summed E-state index contributed by atoms with van der Waals surface area (Å²) in [5, 5.41) is 15.7. The number of rotatable bonds is 8. The Morgan fingerprint density at radius 2 is 1.52 bits per heavy atom. The molecule has 5 heteroatoms. The molecule has 2 aromatic carbocycles. The van der Waals surface area contributed by atoms with E-state index in [1.807, 2.05) is 37.3 Å². The second kappa shape index (κ2) is 9.59. The van der Waals surface area contributed by atoms with E-state index in [9.17, 15) is 14.7 Å². The van der Waals surface area contributed by atoms with Crippen LogP contribution in [-0.4, -0.2) is 30.0 Å². The summed E-state index contributed by atoms with van der Waals surface area (Å²) in [4.78, 5) is 24.2. The fourth-order valence-electron chi connectivity index (χ4n) is 2.41. The minimum absolute atomic E-state index is 0.184. The van der Waals surface area contributed by atoms with Crippen molar-refractivity contribution in [3.63, 3.8) is 0 Å². The smallest absolute Gasteiger partial charge is 0.251 e. The molecule has 1 atom stereocenters. The molecule has 0 fully saturated rings. The van der Waals surface area contributed by atoms with Crippen LogP contribution in [0.1, 0.15) is 52.1 Å². The first kappa shape index (κ1) is 18.7. The third-order valence-corrected chi connectivity index (χ3v) is 3.81. The van der Waals surface area contributed by atoms with Gasteiger partial charge in [0.25, 0.3) is 11.8 Å². The van der Waals surface area contributed by atoms with E-state index >= 15 is 0 Å². The molecule has 0 saturated heterocycles. The quantitative estimate of drug-likeness (QED) is 0.691. The van der Waals surface area contributed by atoms with Crippen molar-refractivity contribution >= 4 is 11.8 Å². The van der Waals surface area contributed by atoms with Crippen LogP contribution in [-0.2, 0) is 0 Å². The molecule has 0 spiro atoms. The number of aliphatic hydroxyl groups excluding tert-OH is 1. The molecule has 2 aromatic rings. The topological polar surface area (TPSA) is 78.4 Å². The minimum Gasteiger partial charge on any atom is -0.388 e. The Labute approximate surface area is 148 Å². The number of benzene rings is 2. The predicted molar refractivity (Wildman–Crippen MR) is 97.4 cm³/mol. The summed E-state index contributed by atoms with van der Waals surface area (Å²) in [5.41, 5.74) is 1.72. The van der Waals surface area contributed by atoms with Gasteiger partial charge in [-0.15, -0.1) is 0 Å². The molecule has 25 heavy (non-hydrogen) atoms. The van der Waals surface area contributed by atoms with Gasteiger partial charge >= 0.3 is 0 Å². The average molecular weight is 340 g/mol.